The van der Waals surface area contributed by atoms with E-state index in [1.807, 2.05) is 6.07 Å². The molecule has 0 spiro atoms. The van der Waals surface area contributed by atoms with Crippen LogP contribution in [-0.2, 0) is 9.59 Å². The zero-order valence-electron chi connectivity index (χ0n) is 15.0. The average molecular weight is 467 g/mol. The summed E-state index contributed by atoms with van der Waals surface area (Å²) >= 11 is 9.55. The van der Waals surface area contributed by atoms with Crippen LogP contribution in [-0.4, -0.2) is 31.6 Å². The molecular weight excluding hydrogens is 450 g/mol. The minimum absolute atomic E-state index is 0.0838. The van der Waals surface area contributed by atoms with E-state index in [1.165, 1.54) is 0 Å². The fourth-order valence-corrected chi connectivity index (χ4v) is 4.33. The number of amides is 1. The van der Waals surface area contributed by atoms with Crippen LogP contribution in [0.2, 0.25) is 5.02 Å². The first kappa shape index (κ1) is 19.1. The molecule has 1 saturated heterocycles. The molecule has 2 heterocycles. The Morgan fingerprint density at radius 2 is 1.96 bits per heavy atom. The van der Waals surface area contributed by atoms with E-state index in [1.54, 1.807) is 36.1 Å². The second-order valence-electron chi connectivity index (χ2n) is 6.69. The van der Waals surface area contributed by atoms with Crippen LogP contribution in [0, 0.1) is 12.8 Å². The number of rotatable bonds is 3. The highest BCUT2D eigenvalue weighted by Gasteiger charge is 2.37. The van der Waals surface area contributed by atoms with Gasteiger partial charge in [-0.1, -0.05) is 27.5 Å². The molecule has 2 aliphatic heterocycles. The molecule has 2 aliphatic rings. The third-order valence-corrected chi connectivity index (χ3v) is 5.43. The highest BCUT2D eigenvalue weighted by molar-refractivity contribution is 9.10. The van der Waals surface area contributed by atoms with Gasteiger partial charge in [-0.2, -0.15) is 0 Å². The highest BCUT2D eigenvalue weighted by atomic mass is 79.9. The number of benzene rings is 2. The summed E-state index contributed by atoms with van der Waals surface area (Å²) in [7, 11) is 0. The van der Waals surface area contributed by atoms with Crippen molar-refractivity contribution in [1.82, 2.24) is 0 Å². The summed E-state index contributed by atoms with van der Waals surface area (Å²) in [4.78, 5) is 26.7. The Labute approximate surface area is 175 Å². The first-order chi connectivity index (χ1) is 13.4. The summed E-state index contributed by atoms with van der Waals surface area (Å²) in [6.45, 7) is 3.01. The van der Waals surface area contributed by atoms with Gasteiger partial charge in [0.25, 0.3) is 0 Å². The van der Waals surface area contributed by atoms with E-state index >= 15 is 0 Å². The maximum absolute atomic E-state index is 12.6. The van der Waals surface area contributed by atoms with E-state index in [9.17, 15) is 9.59 Å². The van der Waals surface area contributed by atoms with E-state index in [0.29, 0.717) is 41.2 Å². The molecule has 0 aromatic heterocycles. The Morgan fingerprint density at radius 3 is 2.71 bits per heavy atom. The number of anilines is 1. The van der Waals surface area contributed by atoms with Gasteiger partial charge in [-0.05, 0) is 36.8 Å². The lowest BCUT2D eigenvalue weighted by Gasteiger charge is -2.22. The fraction of sp³-hybridized carbons (Fsp3) is 0.300. The van der Waals surface area contributed by atoms with Gasteiger partial charge in [0.2, 0.25) is 5.91 Å². The number of nitrogens with zero attached hydrogens (tertiary/aromatic N) is 1. The summed E-state index contributed by atoms with van der Waals surface area (Å²) in [5.74, 6) is 0.385. The molecule has 2 aromatic carbocycles. The number of esters is 1. The Kier molecular flexibility index (Phi) is 5.21. The van der Waals surface area contributed by atoms with Gasteiger partial charge in [-0.15, -0.1) is 0 Å². The van der Waals surface area contributed by atoms with Crippen molar-refractivity contribution in [3.8, 4) is 17.2 Å². The second-order valence-corrected chi connectivity index (χ2v) is 8.01. The molecule has 0 bridgehead atoms. The summed E-state index contributed by atoms with van der Waals surface area (Å²) in [5.41, 5.74) is 1.41. The van der Waals surface area contributed by atoms with Gasteiger partial charge in [0.1, 0.15) is 13.2 Å². The van der Waals surface area contributed by atoms with Crippen molar-refractivity contribution >= 4 is 45.1 Å². The Morgan fingerprint density at radius 1 is 1.21 bits per heavy atom. The number of halogens is 2. The number of hydrogen-bond donors (Lipinski definition) is 0. The van der Waals surface area contributed by atoms with Crippen LogP contribution in [0.5, 0.6) is 17.2 Å². The van der Waals surface area contributed by atoms with E-state index in [2.05, 4.69) is 15.9 Å². The smallest absolute Gasteiger partial charge is 0.316 e. The maximum Gasteiger partial charge on any atom is 0.316 e. The lowest BCUT2D eigenvalue weighted by Crippen LogP contribution is -2.27. The third-order valence-electron chi connectivity index (χ3n) is 4.69. The van der Waals surface area contributed by atoms with E-state index in [4.69, 9.17) is 25.8 Å². The molecule has 0 aliphatic carbocycles. The number of aryl methyl sites for hydroxylation is 1. The molecule has 1 unspecified atom stereocenters. The van der Waals surface area contributed by atoms with Crippen LogP contribution < -0.4 is 19.1 Å². The average Bonchev–Trinajstić information content (AvgIpc) is 3.06. The molecule has 2 aromatic rings. The van der Waals surface area contributed by atoms with Gasteiger partial charge < -0.3 is 19.1 Å². The molecule has 0 saturated carbocycles. The molecule has 4 rings (SSSR count). The van der Waals surface area contributed by atoms with Crippen molar-refractivity contribution in [2.24, 2.45) is 5.92 Å². The van der Waals surface area contributed by atoms with Gasteiger partial charge in [-0.3, -0.25) is 9.59 Å². The number of fused-ring (bicyclic) bond motifs is 1. The molecule has 0 radical (unpaired) electrons. The zero-order valence-corrected chi connectivity index (χ0v) is 17.4. The summed E-state index contributed by atoms with van der Waals surface area (Å²) < 4.78 is 17.4. The Hall–Kier alpha value is -2.25. The van der Waals surface area contributed by atoms with Crippen molar-refractivity contribution in [2.45, 2.75) is 13.3 Å². The lowest BCUT2D eigenvalue weighted by molar-refractivity contribution is -0.139. The standard InChI is InChI=1S/C20H17BrClNO5/c1-11-6-13(21)8-15(22)19(11)28-20(25)12-7-18(24)23(10-12)14-2-3-16-17(9-14)27-5-4-26-16/h2-3,6,8-9,12H,4-5,7,10H2,1H3. The van der Waals surface area contributed by atoms with E-state index in [0.717, 1.165) is 10.0 Å². The van der Waals surface area contributed by atoms with Gasteiger partial charge in [-0.25, -0.2) is 0 Å². The van der Waals surface area contributed by atoms with Gasteiger partial charge in [0, 0.05) is 29.2 Å². The van der Waals surface area contributed by atoms with Gasteiger partial charge >= 0.3 is 5.97 Å². The fourth-order valence-electron chi connectivity index (χ4n) is 3.32. The largest absolute Gasteiger partial charge is 0.486 e. The summed E-state index contributed by atoms with van der Waals surface area (Å²) in [6.07, 6.45) is 0.0838. The minimum atomic E-state index is -0.570. The minimum Gasteiger partial charge on any atom is -0.486 e. The predicted octanol–water partition coefficient (Wildman–Crippen LogP) is 4.14. The number of carbonyl (C=O) groups excluding carboxylic acids is 2. The van der Waals surface area contributed by atoms with Crippen molar-refractivity contribution in [3.63, 3.8) is 0 Å². The highest BCUT2D eigenvalue weighted by Crippen LogP contribution is 2.37. The molecule has 6 nitrogen and oxygen atoms in total. The molecule has 28 heavy (non-hydrogen) atoms. The Balaban J connectivity index is 1.50. The maximum atomic E-state index is 12.6. The van der Waals surface area contributed by atoms with Crippen LogP contribution in [0.3, 0.4) is 0 Å². The molecular formula is C20H17BrClNO5. The monoisotopic (exact) mass is 465 g/mol. The number of carbonyl (C=O) groups is 2. The molecule has 8 heteroatoms. The zero-order chi connectivity index (χ0) is 19.8. The van der Waals surface area contributed by atoms with Crippen LogP contribution >= 0.6 is 27.5 Å². The van der Waals surface area contributed by atoms with Crippen LogP contribution in [0.4, 0.5) is 5.69 Å². The van der Waals surface area contributed by atoms with Gasteiger partial charge in [0.15, 0.2) is 17.2 Å². The quantitative estimate of drug-likeness (QED) is 0.502. The normalized spacial score (nSPS) is 18.3. The van der Waals surface area contributed by atoms with Crippen LogP contribution in [0.25, 0.3) is 0 Å². The van der Waals surface area contributed by atoms with Crippen molar-refractivity contribution in [3.05, 3.63) is 45.4 Å². The summed E-state index contributed by atoms with van der Waals surface area (Å²) in [6, 6.07) is 8.80. The number of hydrogen-bond acceptors (Lipinski definition) is 5. The van der Waals surface area contributed by atoms with Crippen LogP contribution in [0.1, 0.15) is 12.0 Å². The topological polar surface area (TPSA) is 65.1 Å². The molecule has 0 N–H and O–H groups in total. The molecule has 1 amide bonds. The first-order valence-electron chi connectivity index (χ1n) is 8.79. The molecule has 146 valence electrons. The SMILES string of the molecule is Cc1cc(Br)cc(Cl)c1OC(=O)C1CC(=O)N(c2ccc3c(c2)OCCO3)C1. The van der Waals surface area contributed by atoms with Crippen molar-refractivity contribution < 1.29 is 23.8 Å². The van der Waals surface area contributed by atoms with Crippen LogP contribution in [0.15, 0.2) is 34.8 Å². The van der Waals surface area contributed by atoms with E-state index < -0.39 is 11.9 Å². The second kappa shape index (κ2) is 7.64. The third kappa shape index (κ3) is 3.69. The lowest BCUT2D eigenvalue weighted by atomic mass is 10.1. The predicted molar refractivity (Wildman–Crippen MR) is 107 cm³/mol. The molecule has 1 atom stereocenters. The van der Waals surface area contributed by atoms with Crippen molar-refractivity contribution in [1.29, 1.82) is 0 Å². The first-order valence-corrected chi connectivity index (χ1v) is 9.97. The van der Waals surface area contributed by atoms with Crippen molar-refractivity contribution in [2.75, 3.05) is 24.7 Å². The van der Waals surface area contributed by atoms with E-state index in [-0.39, 0.29) is 18.9 Å². The Bertz CT molecular complexity index is 941. The van der Waals surface area contributed by atoms with Gasteiger partial charge in [0.05, 0.1) is 10.9 Å². The molecule has 1 fully saturated rings. The number of ether oxygens (including phenoxy) is 3. The summed E-state index contributed by atoms with van der Waals surface area (Å²) in [5, 5.41) is 0.341.